The van der Waals surface area contributed by atoms with Crippen molar-refractivity contribution in [2.24, 2.45) is 17.4 Å². The molecular weight excluding hydrogens is 328 g/mol. The maximum atomic E-state index is 12.4. The summed E-state index contributed by atoms with van der Waals surface area (Å²) in [6, 6.07) is -3.13. The van der Waals surface area contributed by atoms with Crippen molar-refractivity contribution in [3.8, 4) is 0 Å². The molecule has 146 valence electrons. The summed E-state index contributed by atoms with van der Waals surface area (Å²) >= 11 is 0. The summed E-state index contributed by atoms with van der Waals surface area (Å²) in [5.41, 5.74) is 11.2. The lowest BCUT2D eigenvalue weighted by atomic mass is 10.0. The lowest BCUT2D eigenvalue weighted by molar-refractivity contribution is -0.145. The van der Waals surface area contributed by atoms with Crippen LogP contribution >= 0.6 is 0 Å². The quantitative estimate of drug-likeness (QED) is 0.241. The normalized spacial score (nSPS) is 16.0. The van der Waals surface area contributed by atoms with Crippen LogP contribution in [0.1, 0.15) is 46.5 Å². The molecule has 8 N–H and O–H groups in total. The summed E-state index contributed by atoms with van der Waals surface area (Å²) in [6.07, 6.45) is 0.959. The number of hydrogen-bond acceptors (Lipinski definition) is 6. The third kappa shape index (κ3) is 9.37. The van der Waals surface area contributed by atoms with Gasteiger partial charge in [0.05, 0.1) is 12.1 Å². The lowest BCUT2D eigenvalue weighted by Gasteiger charge is -2.25. The van der Waals surface area contributed by atoms with Gasteiger partial charge in [-0.15, -0.1) is 0 Å². The Hall–Kier alpha value is -1.71. The zero-order valence-electron chi connectivity index (χ0n) is 15.2. The molecule has 0 heterocycles. The van der Waals surface area contributed by atoms with Crippen molar-refractivity contribution in [3.05, 3.63) is 0 Å². The number of aliphatic hydroxyl groups is 1. The second-order valence-electron chi connectivity index (χ2n) is 6.65. The van der Waals surface area contributed by atoms with Gasteiger partial charge in [-0.1, -0.05) is 20.3 Å². The summed E-state index contributed by atoms with van der Waals surface area (Å²) in [5.74, 6) is -2.40. The number of nitrogens with one attached hydrogen (secondary N) is 2. The molecule has 0 aromatic carbocycles. The number of carboxylic acid groups (broad SMARTS) is 1. The zero-order valence-corrected chi connectivity index (χ0v) is 15.2. The third-order valence-electron chi connectivity index (χ3n) is 3.69. The summed E-state index contributed by atoms with van der Waals surface area (Å²) in [7, 11) is 0. The van der Waals surface area contributed by atoms with E-state index in [1.54, 1.807) is 0 Å². The third-order valence-corrected chi connectivity index (χ3v) is 3.69. The molecule has 4 unspecified atom stereocenters. The second-order valence-corrected chi connectivity index (χ2v) is 6.65. The van der Waals surface area contributed by atoms with Gasteiger partial charge in [0, 0.05) is 0 Å². The van der Waals surface area contributed by atoms with E-state index in [1.165, 1.54) is 6.92 Å². The van der Waals surface area contributed by atoms with E-state index in [9.17, 15) is 19.5 Å². The predicted octanol–water partition coefficient (Wildman–Crippen LogP) is -1.08. The lowest BCUT2D eigenvalue weighted by Crippen LogP contribution is -2.56. The van der Waals surface area contributed by atoms with Crippen LogP contribution in [0.4, 0.5) is 0 Å². The number of amides is 2. The highest BCUT2D eigenvalue weighted by Crippen LogP contribution is 2.07. The van der Waals surface area contributed by atoms with Crippen molar-refractivity contribution >= 4 is 17.8 Å². The molecule has 4 atom stereocenters. The minimum absolute atomic E-state index is 0.0827. The van der Waals surface area contributed by atoms with Gasteiger partial charge in [0.2, 0.25) is 11.8 Å². The van der Waals surface area contributed by atoms with Crippen molar-refractivity contribution in [2.75, 3.05) is 6.54 Å². The predicted molar refractivity (Wildman–Crippen MR) is 93.5 cm³/mol. The molecule has 9 heteroatoms. The molecular formula is C16H32N4O5. The number of carbonyl (C=O) groups is 3. The Morgan fingerprint density at radius 2 is 1.64 bits per heavy atom. The first-order valence-electron chi connectivity index (χ1n) is 8.57. The number of unbranched alkanes of at least 4 members (excludes halogenated alkanes) is 1. The van der Waals surface area contributed by atoms with E-state index in [0.717, 1.165) is 6.42 Å². The Balaban J connectivity index is 4.90. The van der Waals surface area contributed by atoms with Gasteiger partial charge in [-0.25, -0.2) is 4.79 Å². The Labute approximate surface area is 148 Å². The molecule has 0 fully saturated rings. The number of rotatable bonds is 12. The second kappa shape index (κ2) is 11.8. The number of nitrogens with two attached hydrogens (primary N) is 2. The number of hydrogen-bond donors (Lipinski definition) is 6. The van der Waals surface area contributed by atoms with Crippen LogP contribution in [0, 0.1) is 5.92 Å². The largest absolute Gasteiger partial charge is 0.480 e. The SMILES string of the molecule is CC(C)CC(NC(=O)C(N)CCCCN)C(=O)NC(C(=O)O)C(C)O. The van der Waals surface area contributed by atoms with Crippen molar-refractivity contribution in [2.45, 2.75) is 70.7 Å². The fraction of sp³-hybridized carbons (Fsp3) is 0.812. The first-order chi connectivity index (χ1) is 11.6. The number of carbonyl (C=O) groups excluding carboxylic acids is 2. The van der Waals surface area contributed by atoms with Crippen molar-refractivity contribution < 1.29 is 24.6 Å². The van der Waals surface area contributed by atoms with E-state index in [1.807, 2.05) is 13.8 Å². The minimum Gasteiger partial charge on any atom is -0.480 e. The maximum Gasteiger partial charge on any atom is 0.328 e. The van der Waals surface area contributed by atoms with E-state index >= 15 is 0 Å². The molecule has 0 spiro atoms. The molecule has 0 radical (unpaired) electrons. The van der Waals surface area contributed by atoms with E-state index < -0.39 is 42.0 Å². The molecule has 0 saturated carbocycles. The Morgan fingerprint density at radius 1 is 1.04 bits per heavy atom. The molecule has 0 aromatic rings. The molecule has 0 aliphatic rings. The monoisotopic (exact) mass is 360 g/mol. The molecule has 0 rings (SSSR count). The summed E-state index contributed by atoms with van der Waals surface area (Å²) in [5, 5.41) is 23.4. The first kappa shape index (κ1) is 23.3. The van der Waals surface area contributed by atoms with Crippen LogP contribution in [0.5, 0.6) is 0 Å². The first-order valence-corrected chi connectivity index (χ1v) is 8.57. The Bertz CT molecular complexity index is 442. The van der Waals surface area contributed by atoms with E-state index in [2.05, 4.69) is 10.6 Å². The molecule has 0 aromatic heterocycles. The van der Waals surface area contributed by atoms with Crippen LogP contribution in [0.15, 0.2) is 0 Å². The fourth-order valence-corrected chi connectivity index (χ4v) is 2.26. The number of aliphatic carboxylic acids is 1. The van der Waals surface area contributed by atoms with Crippen molar-refractivity contribution in [3.63, 3.8) is 0 Å². The maximum absolute atomic E-state index is 12.4. The molecule has 9 nitrogen and oxygen atoms in total. The summed E-state index contributed by atoms with van der Waals surface area (Å²) in [6.45, 7) is 5.53. The van der Waals surface area contributed by atoms with Gasteiger partial charge in [0.15, 0.2) is 6.04 Å². The molecule has 0 bridgehead atoms. The van der Waals surface area contributed by atoms with Crippen LogP contribution in [0.2, 0.25) is 0 Å². The summed E-state index contributed by atoms with van der Waals surface area (Å²) < 4.78 is 0. The van der Waals surface area contributed by atoms with Gasteiger partial charge in [-0.05, 0) is 38.6 Å². The molecule has 0 aliphatic heterocycles. The van der Waals surface area contributed by atoms with Crippen LogP contribution in [0.3, 0.4) is 0 Å². The summed E-state index contributed by atoms with van der Waals surface area (Å²) in [4.78, 5) is 35.6. The fourth-order valence-electron chi connectivity index (χ4n) is 2.26. The van der Waals surface area contributed by atoms with E-state index in [0.29, 0.717) is 25.8 Å². The van der Waals surface area contributed by atoms with Crippen LogP contribution in [0.25, 0.3) is 0 Å². The minimum atomic E-state index is -1.45. The van der Waals surface area contributed by atoms with Gasteiger partial charge in [0.25, 0.3) is 0 Å². The topological polar surface area (TPSA) is 168 Å². The average Bonchev–Trinajstić information content (AvgIpc) is 2.50. The van der Waals surface area contributed by atoms with Crippen molar-refractivity contribution in [1.82, 2.24) is 10.6 Å². The van der Waals surface area contributed by atoms with Gasteiger partial charge < -0.3 is 32.3 Å². The highest BCUT2D eigenvalue weighted by Gasteiger charge is 2.30. The highest BCUT2D eigenvalue weighted by molar-refractivity contribution is 5.91. The Kier molecular flexibility index (Phi) is 11.0. The Morgan fingerprint density at radius 3 is 2.08 bits per heavy atom. The molecule has 0 aliphatic carbocycles. The van der Waals surface area contributed by atoms with Crippen molar-refractivity contribution in [1.29, 1.82) is 0 Å². The average molecular weight is 360 g/mol. The van der Waals surface area contributed by atoms with E-state index in [4.69, 9.17) is 16.6 Å². The number of carboxylic acids is 1. The van der Waals surface area contributed by atoms with E-state index in [-0.39, 0.29) is 5.92 Å². The smallest absolute Gasteiger partial charge is 0.328 e. The molecule has 0 saturated heterocycles. The molecule has 25 heavy (non-hydrogen) atoms. The van der Waals surface area contributed by atoms with Crippen LogP contribution < -0.4 is 22.1 Å². The van der Waals surface area contributed by atoms with Gasteiger partial charge in [0.1, 0.15) is 6.04 Å². The van der Waals surface area contributed by atoms with Crippen LogP contribution in [-0.2, 0) is 14.4 Å². The van der Waals surface area contributed by atoms with Gasteiger partial charge in [-0.2, -0.15) is 0 Å². The standard InChI is InChI=1S/C16H32N4O5/c1-9(2)8-12(15(23)20-13(10(3)21)16(24)25)19-14(22)11(18)6-4-5-7-17/h9-13,21H,4-8,17-18H2,1-3H3,(H,19,22)(H,20,23)(H,24,25). The number of aliphatic hydroxyl groups excluding tert-OH is 1. The van der Waals surface area contributed by atoms with Gasteiger partial charge >= 0.3 is 5.97 Å². The highest BCUT2D eigenvalue weighted by atomic mass is 16.4. The van der Waals surface area contributed by atoms with Gasteiger partial charge in [-0.3, -0.25) is 9.59 Å². The zero-order chi connectivity index (χ0) is 19.6. The molecule has 2 amide bonds. The van der Waals surface area contributed by atoms with Crippen LogP contribution in [-0.4, -0.2) is 58.8 Å².